The summed E-state index contributed by atoms with van der Waals surface area (Å²) in [4.78, 5) is 0. The Morgan fingerprint density at radius 1 is 1.30 bits per heavy atom. The van der Waals surface area contributed by atoms with Crippen LogP contribution in [-0.2, 0) is 13.2 Å². The molecular weight excluding hydrogens is 252 g/mol. The molecule has 5 heteroatoms. The second-order valence-corrected chi connectivity index (χ2v) is 5.28. The van der Waals surface area contributed by atoms with E-state index in [4.69, 9.17) is 10.5 Å². The second-order valence-electron chi connectivity index (χ2n) is 5.28. The van der Waals surface area contributed by atoms with Gasteiger partial charge >= 0.3 is 0 Å². The molecule has 0 saturated heterocycles. The van der Waals surface area contributed by atoms with E-state index >= 15 is 0 Å². The predicted octanol–water partition coefficient (Wildman–Crippen LogP) is 2.51. The molecule has 2 rings (SSSR count). The molecule has 0 atom stereocenters. The molecule has 2 N–H and O–H groups in total. The number of hydrogen-bond donors (Lipinski definition) is 1. The maximum absolute atomic E-state index is 5.94. The summed E-state index contributed by atoms with van der Waals surface area (Å²) in [5.74, 6) is 0.893. The minimum atomic E-state index is 0.236. The van der Waals surface area contributed by atoms with Crippen LogP contribution in [0.4, 0.5) is 0 Å². The van der Waals surface area contributed by atoms with Crippen LogP contribution in [0.25, 0.3) is 0 Å². The third kappa shape index (κ3) is 2.99. The molecule has 0 fully saturated rings. The van der Waals surface area contributed by atoms with E-state index in [-0.39, 0.29) is 6.04 Å². The van der Waals surface area contributed by atoms with Gasteiger partial charge in [-0.25, -0.2) is 4.68 Å². The zero-order valence-electron chi connectivity index (χ0n) is 12.6. The summed E-state index contributed by atoms with van der Waals surface area (Å²) in [5.41, 5.74) is 9.76. The van der Waals surface area contributed by atoms with Crippen LogP contribution >= 0.6 is 0 Å². The molecule has 5 nitrogen and oxygen atoms in total. The fraction of sp³-hybridized carbons (Fsp3) is 0.467. The van der Waals surface area contributed by atoms with Crippen molar-refractivity contribution in [3.63, 3.8) is 0 Å². The van der Waals surface area contributed by atoms with Crippen LogP contribution in [0.1, 0.15) is 42.4 Å². The van der Waals surface area contributed by atoms with Crippen LogP contribution in [0.2, 0.25) is 0 Å². The van der Waals surface area contributed by atoms with E-state index in [2.05, 4.69) is 43.2 Å². The molecule has 0 spiro atoms. The Morgan fingerprint density at radius 3 is 2.70 bits per heavy atom. The van der Waals surface area contributed by atoms with Gasteiger partial charge in [0.15, 0.2) is 0 Å². The summed E-state index contributed by atoms with van der Waals surface area (Å²) in [6, 6.07) is 6.42. The van der Waals surface area contributed by atoms with Crippen molar-refractivity contribution in [2.24, 2.45) is 5.73 Å². The fourth-order valence-electron chi connectivity index (χ4n) is 2.08. The summed E-state index contributed by atoms with van der Waals surface area (Å²) in [7, 11) is 0. The summed E-state index contributed by atoms with van der Waals surface area (Å²) >= 11 is 0. The first-order valence-electron chi connectivity index (χ1n) is 6.86. The third-order valence-corrected chi connectivity index (χ3v) is 3.26. The molecule has 1 heterocycles. The molecule has 0 radical (unpaired) electrons. The normalized spacial score (nSPS) is 11.1. The maximum atomic E-state index is 5.94. The Balaban J connectivity index is 2.22. The smallest absolute Gasteiger partial charge is 0.132 e. The molecule has 0 saturated carbocycles. The topological polar surface area (TPSA) is 66.0 Å². The monoisotopic (exact) mass is 274 g/mol. The van der Waals surface area contributed by atoms with E-state index in [1.807, 2.05) is 17.7 Å². The van der Waals surface area contributed by atoms with Gasteiger partial charge in [0.05, 0.1) is 0 Å². The van der Waals surface area contributed by atoms with E-state index in [1.54, 1.807) is 0 Å². The lowest BCUT2D eigenvalue weighted by atomic mass is 10.1. The van der Waals surface area contributed by atoms with E-state index in [0.29, 0.717) is 13.2 Å². The average molecular weight is 274 g/mol. The van der Waals surface area contributed by atoms with E-state index in [0.717, 1.165) is 22.7 Å². The van der Waals surface area contributed by atoms with Crippen LogP contribution in [0.3, 0.4) is 0 Å². The lowest BCUT2D eigenvalue weighted by Gasteiger charge is -2.13. The van der Waals surface area contributed by atoms with Crippen molar-refractivity contribution >= 4 is 0 Å². The van der Waals surface area contributed by atoms with Gasteiger partial charge in [-0.05, 0) is 44.9 Å². The third-order valence-electron chi connectivity index (χ3n) is 3.26. The van der Waals surface area contributed by atoms with Gasteiger partial charge in [0.2, 0.25) is 0 Å². The van der Waals surface area contributed by atoms with E-state index in [1.165, 1.54) is 5.56 Å². The van der Waals surface area contributed by atoms with Gasteiger partial charge in [-0.15, -0.1) is 5.10 Å². The van der Waals surface area contributed by atoms with Crippen molar-refractivity contribution in [3.05, 3.63) is 40.7 Å². The molecule has 0 unspecified atom stereocenters. The first kappa shape index (κ1) is 14.5. The van der Waals surface area contributed by atoms with Crippen LogP contribution in [0, 0.1) is 13.8 Å². The number of aryl methyl sites for hydroxylation is 2. The number of ether oxygens (including phenoxy) is 1. The van der Waals surface area contributed by atoms with Crippen molar-refractivity contribution in [1.82, 2.24) is 15.0 Å². The average Bonchev–Trinajstić information content (AvgIpc) is 2.82. The molecule has 108 valence electrons. The van der Waals surface area contributed by atoms with Crippen LogP contribution in [0.5, 0.6) is 5.75 Å². The standard InChI is InChI=1S/C15H22N4O/c1-10(2)19-14(13(8-16)17-18-19)9-20-15-7-11(3)5-6-12(15)4/h5-7,10H,8-9,16H2,1-4H3. The first-order valence-corrected chi connectivity index (χ1v) is 6.86. The molecule has 0 aliphatic heterocycles. The predicted molar refractivity (Wildman–Crippen MR) is 78.5 cm³/mol. The van der Waals surface area contributed by atoms with Crippen LogP contribution < -0.4 is 10.5 Å². The number of nitrogens with zero attached hydrogens (tertiary/aromatic N) is 3. The Kier molecular flexibility index (Phi) is 4.39. The lowest BCUT2D eigenvalue weighted by molar-refractivity contribution is 0.284. The minimum Gasteiger partial charge on any atom is -0.487 e. The molecule has 20 heavy (non-hydrogen) atoms. The molecule has 0 aliphatic rings. The summed E-state index contributed by atoms with van der Waals surface area (Å²) < 4.78 is 7.81. The SMILES string of the molecule is Cc1ccc(C)c(OCc2c(CN)nnn2C(C)C)c1. The molecule has 1 aromatic carbocycles. The number of aromatic nitrogens is 3. The van der Waals surface area contributed by atoms with Crippen molar-refractivity contribution in [1.29, 1.82) is 0 Å². The molecule has 2 aromatic rings. The summed E-state index contributed by atoms with van der Waals surface area (Å²) in [5, 5.41) is 8.26. The van der Waals surface area contributed by atoms with Crippen LogP contribution in [-0.4, -0.2) is 15.0 Å². The van der Waals surface area contributed by atoms with Crippen molar-refractivity contribution in [3.8, 4) is 5.75 Å². The zero-order chi connectivity index (χ0) is 14.7. The number of rotatable bonds is 5. The summed E-state index contributed by atoms with van der Waals surface area (Å²) in [6.07, 6.45) is 0. The molecule has 0 aliphatic carbocycles. The van der Waals surface area contributed by atoms with Gasteiger partial charge < -0.3 is 10.5 Å². The van der Waals surface area contributed by atoms with Crippen molar-refractivity contribution < 1.29 is 4.74 Å². The zero-order valence-corrected chi connectivity index (χ0v) is 12.6. The lowest BCUT2D eigenvalue weighted by Crippen LogP contribution is -2.12. The first-order chi connectivity index (χ1) is 9.52. The van der Waals surface area contributed by atoms with Gasteiger partial charge in [0.1, 0.15) is 23.7 Å². The van der Waals surface area contributed by atoms with Crippen molar-refractivity contribution in [2.45, 2.75) is 46.9 Å². The summed E-state index contributed by atoms with van der Waals surface area (Å²) in [6.45, 7) is 9.03. The largest absolute Gasteiger partial charge is 0.487 e. The Hall–Kier alpha value is -1.88. The van der Waals surface area contributed by atoms with Gasteiger partial charge in [0, 0.05) is 12.6 Å². The van der Waals surface area contributed by atoms with E-state index < -0.39 is 0 Å². The quantitative estimate of drug-likeness (QED) is 0.909. The highest BCUT2D eigenvalue weighted by molar-refractivity contribution is 5.36. The minimum absolute atomic E-state index is 0.236. The van der Waals surface area contributed by atoms with Gasteiger partial charge in [0.25, 0.3) is 0 Å². The number of benzene rings is 1. The van der Waals surface area contributed by atoms with Crippen LogP contribution in [0.15, 0.2) is 18.2 Å². The highest BCUT2D eigenvalue weighted by Gasteiger charge is 2.15. The molecule has 1 aromatic heterocycles. The Bertz CT molecular complexity index is 590. The molecular formula is C15H22N4O. The van der Waals surface area contributed by atoms with E-state index in [9.17, 15) is 0 Å². The maximum Gasteiger partial charge on any atom is 0.132 e. The second kappa shape index (κ2) is 6.05. The molecule has 0 bridgehead atoms. The fourth-order valence-corrected chi connectivity index (χ4v) is 2.08. The van der Waals surface area contributed by atoms with Gasteiger partial charge in [-0.1, -0.05) is 17.3 Å². The number of nitrogens with two attached hydrogens (primary N) is 1. The Labute approximate surface area is 119 Å². The molecule has 0 amide bonds. The highest BCUT2D eigenvalue weighted by Crippen LogP contribution is 2.21. The van der Waals surface area contributed by atoms with Gasteiger partial charge in [-0.2, -0.15) is 0 Å². The highest BCUT2D eigenvalue weighted by atomic mass is 16.5. The number of hydrogen-bond acceptors (Lipinski definition) is 4. The van der Waals surface area contributed by atoms with Crippen molar-refractivity contribution in [2.75, 3.05) is 0 Å². The Morgan fingerprint density at radius 2 is 2.05 bits per heavy atom. The van der Waals surface area contributed by atoms with Gasteiger partial charge in [-0.3, -0.25) is 0 Å².